The normalized spacial score (nSPS) is 32.6. The second-order valence-electron chi connectivity index (χ2n) is 6.75. The Labute approximate surface area is 92.8 Å². The minimum atomic E-state index is -1.17. The van der Waals surface area contributed by atoms with Crippen LogP contribution in [-0.2, 0) is 0 Å². The van der Waals surface area contributed by atoms with E-state index in [4.69, 9.17) is 0 Å². The van der Waals surface area contributed by atoms with E-state index in [1.54, 1.807) is 0 Å². The predicted octanol–water partition coefficient (Wildman–Crippen LogP) is 2.16. The second kappa shape index (κ2) is 3.14. The Morgan fingerprint density at radius 1 is 0.429 bits per heavy atom. The zero-order valence-corrected chi connectivity index (χ0v) is 15.0. The molecule has 1 rings (SSSR count). The Kier molecular flexibility index (Phi) is 2.88. The van der Waals surface area contributed by atoms with E-state index in [0.717, 1.165) is 0 Å². The molecule has 1 aliphatic heterocycles. The summed E-state index contributed by atoms with van der Waals surface area (Å²) in [5, 5.41) is 0. The SMILES string of the molecule is C[Si]1(C)N[Si](C)(C)[Si](C)(C)N[Si]1(C)C. The fourth-order valence-corrected chi connectivity index (χ4v) is 44.4. The molecule has 0 aliphatic carbocycles. The number of nitrogens with one attached hydrogen (secondary N) is 2. The first-order valence-electron chi connectivity index (χ1n) is 5.50. The molecule has 1 saturated heterocycles. The predicted molar refractivity (Wildman–Crippen MR) is 76.2 cm³/mol. The zero-order valence-electron chi connectivity index (χ0n) is 11.0. The van der Waals surface area contributed by atoms with E-state index in [9.17, 15) is 0 Å². The van der Waals surface area contributed by atoms with Gasteiger partial charge in [0.15, 0.2) is 0 Å². The molecule has 0 bridgehead atoms. The van der Waals surface area contributed by atoms with Gasteiger partial charge in [-0.3, -0.25) is 0 Å². The Bertz CT molecular complexity index is 198. The van der Waals surface area contributed by atoms with Crippen molar-refractivity contribution in [2.75, 3.05) is 0 Å². The summed E-state index contributed by atoms with van der Waals surface area (Å²) in [5.41, 5.74) is 0. The number of hydrogen-bond donors (Lipinski definition) is 2. The quantitative estimate of drug-likeness (QED) is 0.654. The molecular weight excluding hydrogens is 236 g/mol. The highest BCUT2D eigenvalue weighted by molar-refractivity contribution is 7.55. The summed E-state index contributed by atoms with van der Waals surface area (Å²) in [7, 11) is -4.67. The van der Waals surface area contributed by atoms with Crippen LogP contribution in [0.2, 0.25) is 52.4 Å². The summed E-state index contributed by atoms with van der Waals surface area (Å²) in [4.78, 5) is 0. The average molecular weight is 263 g/mol. The van der Waals surface area contributed by atoms with Crippen LogP contribution in [0.25, 0.3) is 0 Å². The van der Waals surface area contributed by atoms with Gasteiger partial charge in [0.05, 0.1) is 0 Å². The molecule has 0 aromatic rings. The van der Waals surface area contributed by atoms with Crippen molar-refractivity contribution in [1.82, 2.24) is 9.30 Å². The molecule has 1 fully saturated rings. The fourth-order valence-electron chi connectivity index (χ4n) is 2.19. The molecule has 14 heavy (non-hydrogen) atoms. The van der Waals surface area contributed by atoms with Gasteiger partial charge in [-0.1, -0.05) is 52.4 Å². The van der Waals surface area contributed by atoms with E-state index in [-0.39, 0.29) is 0 Å². The largest absolute Gasteiger partial charge is 0.361 e. The maximum absolute atomic E-state index is 4.15. The Morgan fingerprint density at radius 2 is 0.571 bits per heavy atom. The molecule has 0 radical (unpaired) electrons. The lowest BCUT2D eigenvalue weighted by Gasteiger charge is -2.58. The lowest BCUT2D eigenvalue weighted by Crippen LogP contribution is -2.92. The molecule has 0 aromatic carbocycles. The summed E-state index contributed by atoms with van der Waals surface area (Å²) < 4.78 is 8.30. The Balaban J connectivity index is 3.07. The lowest BCUT2D eigenvalue weighted by atomic mass is 11.9. The molecular formula is C8H26N2Si4. The van der Waals surface area contributed by atoms with E-state index in [0.29, 0.717) is 0 Å². The first-order valence-corrected chi connectivity index (χ1v) is 19.5. The molecule has 1 heterocycles. The summed E-state index contributed by atoms with van der Waals surface area (Å²) in [6, 6.07) is 0. The standard InChI is InChI=1S/C8H26N2Si4/c1-11(2)9-13(5,6)14(7,8)10-12(11,3)4/h9-10H,1-8H3. The van der Waals surface area contributed by atoms with E-state index < -0.39 is 31.0 Å². The van der Waals surface area contributed by atoms with Crippen LogP contribution in [0.3, 0.4) is 0 Å². The minimum Gasteiger partial charge on any atom is -0.361 e. The first-order chi connectivity index (χ1) is 5.91. The molecule has 1 aliphatic rings. The minimum absolute atomic E-state index is 1.17. The van der Waals surface area contributed by atoms with Crippen LogP contribution in [0.5, 0.6) is 0 Å². The Morgan fingerprint density at radius 3 is 0.714 bits per heavy atom. The van der Waals surface area contributed by atoms with Crippen molar-refractivity contribution >= 4 is 31.0 Å². The molecule has 2 nitrogen and oxygen atoms in total. The zero-order chi connectivity index (χ0) is 11.4. The van der Waals surface area contributed by atoms with Gasteiger partial charge >= 0.3 is 0 Å². The molecule has 0 amide bonds. The van der Waals surface area contributed by atoms with E-state index >= 15 is 0 Å². The van der Waals surface area contributed by atoms with Gasteiger partial charge in [-0.25, -0.2) is 0 Å². The molecule has 0 unspecified atom stereocenters. The average Bonchev–Trinajstić information content (AvgIpc) is 1.78. The van der Waals surface area contributed by atoms with Crippen LogP contribution in [-0.4, -0.2) is 31.0 Å². The van der Waals surface area contributed by atoms with Crippen LogP contribution in [0, 0.1) is 0 Å². The Hall–Kier alpha value is 0.788. The molecule has 0 atom stereocenters. The highest BCUT2D eigenvalue weighted by Gasteiger charge is 2.57. The number of hydrogen-bond acceptors (Lipinski definition) is 2. The van der Waals surface area contributed by atoms with Gasteiger partial charge in [-0.2, -0.15) is 0 Å². The lowest BCUT2D eigenvalue weighted by molar-refractivity contribution is 1.24. The van der Waals surface area contributed by atoms with Gasteiger partial charge < -0.3 is 9.30 Å². The van der Waals surface area contributed by atoms with Gasteiger partial charge in [0.2, 0.25) is 0 Å². The van der Waals surface area contributed by atoms with Crippen molar-refractivity contribution in [1.29, 1.82) is 0 Å². The maximum Gasteiger partial charge on any atom is 0.119 e. The molecule has 0 saturated carbocycles. The summed E-state index contributed by atoms with van der Waals surface area (Å²) in [6.07, 6.45) is 0. The van der Waals surface area contributed by atoms with Gasteiger partial charge in [0.25, 0.3) is 0 Å². The first kappa shape index (κ1) is 12.9. The van der Waals surface area contributed by atoms with Crippen LogP contribution in [0.1, 0.15) is 0 Å². The van der Waals surface area contributed by atoms with Crippen LogP contribution >= 0.6 is 0 Å². The third-order valence-corrected chi connectivity index (χ3v) is 43.9. The van der Waals surface area contributed by atoms with Crippen molar-refractivity contribution in [2.24, 2.45) is 0 Å². The molecule has 0 aromatic heterocycles. The van der Waals surface area contributed by atoms with Gasteiger partial charge in [0.1, 0.15) is 31.0 Å². The summed E-state index contributed by atoms with van der Waals surface area (Å²) in [5.74, 6) is 0. The van der Waals surface area contributed by atoms with Crippen molar-refractivity contribution in [3.63, 3.8) is 0 Å². The van der Waals surface area contributed by atoms with E-state index in [1.807, 2.05) is 0 Å². The van der Waals surface area contributed by atoms with Gasteiger partial charge in [0, 0.05) is 0 Å². The van der Waals surface area contributed by atoms with E-state index in [2.05, 4.69) is 61.7 Å². The molecule has 84 valence electrons. The summed E-state index contributed by atoms with van der Waals surface area (Å²) in [6.45, 7) is 20.1. The van der Waals surface area contributed by atoms with Crippen LogP contribution in [0.15, 0.2) is 0 Å². The topological polar surface area (TPSA) is 24.1 Å². The smallest absolute Gasteiger partial charge is 0.119 e. The monoisotopic (exact) mass is 262 g/mol. The van der Waals surface area contributed by atoms with E-state index in [1.165, 1.54) is 0 Å². The van der Waals surface area contributed by atoms with Crippen molar-refractivity contribution in [2.45, 2.75) is 52.4 Å². The third kappa shape index (κ3) is 1.87. The number of rotatable bonds is 0. The molecule has 6 heteroatoms. The van der Waals surface area contributed by atoms with Crippen molar-refractivity contribution in [3.05, 3.63) is 0 Å². The second-order valence-corrected chi connectivity index (χ2v) is 36.8. The fraction of sp³-hybridized carbons (Fsp3) is 1.00. The van der Waals surface area contributed by atoms with Gasteiger partial charge in [-0.05, 0) is 0 Å². The highest BCUT2D eigenvalue weighted by Crippen LogP contribution is 2.28. The highest BCUT2D eigenvalue weighted by atomic mass is 29.3. The van der Waals surface area contributed by atoms with Gasteiger partial charge in [-0.15, -0.1) is 0 Å². The van der Waals surface area contributed by atoms with Crippen LogP contribution in [0.4, 0.5) is 0 Å². The molecule has 2 N–H and O–H groups in total. The summed E-state index contributed by atoms with van der Waals surface area (Å²) >= 11 is 0. The van der Waals surface area contributed by atoms with Crippen molar-refractivity contribution < 1.29 is 0 Å². The third-order valence-electron chi connectivity index (χ3n) is 4.38. The molecule has 0 spiro atoms. The maximum atomic E-state index is 4.15. The van der Waals surface area contributed by atoms with Crippen molar-refractivity contribution in [3.8, 4) is 0 Å². The van der Waals surface area contributed by atoms with Crippen LogP contribution < -0.4 is 9.30 Å².